The molecule has 1 aromatic heterocycles. The molecule has 5 heteroatoms. The molecule has 1 fully saturated rings. The lowest BCUT2D eigenvalue weighted by Gasteiger charge is -2.36. The second-order valence-corrected chi connectivity index (χ2v) is 5.11. The number of likely N-dealkylation sites (tertiary alicyclic amines) is 1. The lowest BCUT2D eigenvalue weighted by atomic mass is 10.0. The molecule has 0 bridgehead atoms. The second-order valence-electron chi connectivity index (χ2n) is 5.11. The quantitative estimate of drug-likeness (QED) is 0.860. The largest absolute Gasteiger partial charge is 0.449 e. The standard InChI is InChI=1S/C14H21N3O2/c1-16-6-4-12(5-7-16)17(8-9-18)11-14-3-2-13(10-15)19-14/h2-3,12,18H,4-9,11H2,1H3. The number of nitrogens with zero attached hydrogens (tertiary/aromatic N) is 3. The molecule has 2 heterocycles. The number of hydrogen-bond acceptors (Lipinski definition) is 5. The molecule has 2 rings (SSSR count). The first-order valence-corrected chi connectivity index (χ1v) is 6.75. The molecule has 0 atom stereocenters. The molecule has 5 nitrogen and oxygen atoms in total. The minimum Gasteiger partial charge on any atom is -0.449 e. The van der Waals surface area contributed by atoms with Gasteiger partial charge in [-0.05, 0) is 45.1 Å². The highest BCUT2D eigenvalue weighted by atomic mass is 16.3. The molecule has 1 saturated heterocycles. The van der Waals surface area contributed by atoms with Crippen LogP contribution < -0.4 is 0 Å². The predicted octanol–water partition coefficient (Wildman–Crippen LogP) is 1.04. The third-order valence-electron chi connectivity index (χ3n) is 3.72. The van der Waals surface area contributed by atoms with E-state index in [1.807, 2.05) is 12.1 Å². The average molecular weight is 263 g/mol. The maximum atomic E-state index is 9.21. The van der Waals surface area contributed by atoms with Gasteiger partial charge < -0.3 is 14.4 Å². The van der Waals surface area contributed by atoms with Gasteiger partial charge in [0.15, 0.2) is 0 Å². The zero-order chi connectivity index (χ0) is 13.7. The van der Waals surface area contributed by atoms with Gasteiger partial charge in [-0.1, -0.05) is 0 Å². The molecule has 0 spiro atoms. The van der Waals surface area contributed by atoms with Crippen molar-refractivity contribution >= 4 is 0 Å². The van der Waals surface area contributed by atoms with E-state index < -0.39 is 0 Å². The summed E-state index contributed by atoms with van der Waals surface area (Å²) in [5.41, 5.74) is 0. The van der Waals surface area contributed by atoms with Gasteiger partial charge in [-0.25, -0.2) is 0 Å². The van der Waals surface area contributed by atoms with Crippen molar-refractivity contribution in [2.75, 3.05) is 33.3 Å². The summed E-state index contributed by atoms with van der Waals surface area (Å²) in [5, 5.41) is 18.0. The summed E-state index contributed by atoms with van der Waals surface area (Å²) in [6.45, 7) is 3.65. The Morgan fingerprint density at radius 2 is 2.21 bits per heavy atom. The first-order chi connectivity index (χ1) is 9.22. The van der Waals surface area contributed by atoms with Crippen LogP contribution in [0.2, 0.25) is 0 Å². The monoisotopic (exact) mass is 263 g/mol. The molecule has 1 aliphatic heterocycles. The molecule has 0 amide bonds. The Labute approximate surface area is 114 Å². The zero-order valence-electron chi connectivity index (χ0n) is 11.4. The maximum Gasteiger partial charge on any atom is 0.203 e. The Kier molecular flexibility index (Phi) is 4.97. The first-order valence-electron chi connectivity index (χ1n) is 6.75. The highest BCUT2D eigenvalue weighted by molar-refractivity contribution is 5.19. The zero-order valence-corrected chi connectivity index (χ0v) is 11.4. The van der Waals surface area contributed by atoms with Gasteiger partial charge in [0.05, 0.1) is 13.2 Å². The van der Waals surface area contributed by atoms with Crippen LogP contribution in [0.4, 0.5) is 0 Å². The van der Waals surface area contributed by atoms with E-state index in [-0.39, 0.29) is 6.61 Å². The topological polar surface area (TPSA) is 63.6 Å². The van der Waals surface area contributed by atoms with Crippen molar-refractivity contribution in [2.45, 2.75) is 25.4 Å². The molecule has 104 valence electrons. The second kappa shape index (κ2) is 6.71. The molecule has 1 aromatic rings. The van der Waals surface area contributed by atoms with Gasteiger partial charge in [-0.2, -0.15) is 5.26 Å². The molecule has 1 N–H and O–H groups in total. The van der Waals surface area contributed by atoms with Gasteiger partial charge in [0.2, 0.25) is 5.76 Å². The van der Waals surface area contributed by atoms with E-state index in [0.29, 0.717) is 24.9 Å². The van der Waals surface area contributed by atoms with Crippen LogP contribution in [0.5, 0.6) is 0 Å². The SMILES string of the molecule is CN1CCC(N(CCO)Cc2ccc(C#N)o2)CC1. The van der Waals surface area contributed by atoms with Gasteiger partial charge in [0, 0.05) is 12.6 Å². The van der Waals surface area contributed by atoms with Gasteiger partial charge in [-0.15, -0.1) is 0 Å². The number of aliphatic hydroxyl groups excluding tert-OH is 1. The molecule has 0 saturated carbocycles. The molecule has 1 aliphatic rings. The first kappa shape index (κ1) is 14.1. The summed E-state index contributed by atoms with van der Waals surface area (Å²) in [6, 6.07) is 6.02. The summed E-state index contributed by atoms with van der Waals surface area (Å²) in [4.78, 5) is 4.58. The lowest BCUT2D eigenvalue weighted by molar-refractivity contribution is 0.0882. The molecule has 0 unspecified atom stereocenters. The van der Waals surface area contributed by atoms with Crippen molar-refractivity contribution in [1.82, 2.24) is 9.80 Å². The summed E-state index contributed by atoms with van der Waals surface area (Å²) >= 11 is 0. The van der Waals surface area contributed by atoms with Gasteiger partial charge in [0.1, 0.15) is 11.8 Å². The Bertz CT molecular complexity index is 430. The van der Waals surface area contributed by atoms with E-state index in [1.165, 1.54) is 0 Å². The Balaban J connectivity index is 1.97. The van der Waals surface area contributed by atoms with E-state index in [4.69, 9.17) is 9.68 Å². The third kappa shape index (κ3) is 3.80. The van der Waals surface area contributed by atoms with Crippen molar-refractivity contribution in [3.05, 3.63) is 23.7 Å². The summed E-state index contributed by atoms with van der Waals surface area (Å²) in [6.07, 6.45) is 2.23. The molecule has 0 aliphatic carbocycles. The van der Waals surface area contributed by atoms with Crippen LogP contribution in [0.15, 0.2) is 16.5 Å². The normalized spacial score (nSPS) is 17.8. The number of hydrogen-bond donors (Lipinski definition) is 1. The van der Waals surface area contributed by atoms with E-state index in [2.05, 4.69) is 16.8 Å². The number of piperidine rings is 1. The smallest absolute Gasteiger partial charge is 0.203 e. The van der Waals surface area contributed by atoms with E-state index >= 15 is 0 Å². The van der Waals surface area contributed by atoms with Gasteiger partial charge in [-0.3, -0.25) is 4.90 Å². The highest BCUT2D eigenvalue weighted by Crippen LogP contribution is 2.19. The van der Waals surface area contributed by atoms with Crippen LogP contribution in [0.3, 0.4) is 0 Å². The fourth-order valence-corrected chi connectivity index (χ4v) is 2.60. The van der Waals surface area contributed by atoms with Crippen LogP contribution >= 0.6 is 0 Å². The molecule has 0 aromatic carbocycles. The number of aliphatic hydroxyl groups is 1. The predicted molar refractivity (Wildman–Crippen MR) is 71.4 cm³/mol. The van der Waals surface area contributed by atoms with Crippen LogP contribution in [0.25, 0.3) is 0 Å². The van der Waals surface area contributed by atoms with Crippen molar-refractivity contribution in [3.8, 4) is 6.07 Å². The maximum absolute atomic E-state index is 9.21. The average Bonchev–Trinajstić information content (AvgIpc) is 2.87. The fourth-order valence-electron chi connectivity index (χ4n) is 2.60. The van der Waals surface area contributed by atoms with E-state index in [0.717, 1.165) is 31.7 Å². The van der Waals surface area contributed by atoms with Crippen LogP contribution in [0, 0.1) is 11.3 Å². The van der Waals surface area contributed by atoms with Crippen molar-refractivity contribution in [3.63, 3.8) is 0 Å². The Morgan fingerprint density at radius 3 is 2.79 bits per heavy atom. The fraction of sp³-hybridized carbons (Fsp3) is 0.643. The number of rotatable bonds is 5. The summed E-state index contributed by atoms with van der Waals surface area (Å²) in [7, 11) is 2.14. The summed E-state index contributed by atoms with van der Waals surface area (Å²) in [5.74, 6) is 1.14. The van der Waals surface area contributed by atoms with Crippen molar-refractivity contribution in [2.24, 2.45) is 0 Å². The number of furan rings is 1. The van der Waals surface area contributed by atoms with Crippen LogP contribution in [-0.4, -0.2) is 54.2 Å². The molecular formula is C14H21N3O2. The number of nitriles is 1. The van der Waals surface area contributed by atoms with E-state index in [9.17, 15) is 5.11 Å². The van der Waals surface area contributed by atoms with Crippen LogP contribution in [0.1, 0.15) is 24.4 Å². The Hall–Kier alpha value is -1.35. The highest BCUT2D eigenvalue weighted by Gasteiger charge is 2.23. The summed E-state index contributed by atoms with van der Waals surface area (Å²) < 4.78 is 5.43. The van der Waals surface area contributed by atoms with Crippen molar-refractivity contribution in [1.29, 1.82) is 5.26 Å². The molecular weight excluding hydrogens is 242 g/mol. The van der Waals surface area contributed by atoms with Gasteiger partial charge >= 0.3 is 0 Å². The minimum absolute atomic E-state index is 0.151. The Morgan fingerprint density at radius 1 is 1.47 bits per heavy atom. The molecule has 19 heavy (non-hydrogen) atoms. The third-order valence-corrected chi connectivity index (χ3v) is 3.72. The van der Waals surface area contributed by atoms with E-state index in [1.54, 1.807) is 6.07 Å². The molecule has 0 radical (unpaired) electrons. The van der Waals surface area contributed by atoms with Crippen LogP contribution in [-0.2, 0) is 6.54 Å². The van der Waals surface area contributed by atoms with Crippen molar-refractivity contribution < 1.29 is 9.52 Å². The van der Waals surface area contributed by atoms with Gasteiger partial charge in [0.25, 0.3) is 0 Å². The lowest BCUT2D eigenvalue weighted by Crippen LogP contribution is -2.44. The minimum atomic E-state index is 0.151.